The number of benzene rings is 2. The molecule has 36 heavy (non-hydrogen) atoms. The average molecular weight is 515 g/mol. The molecule has 182 valence electrons. The number of thiophene rings is 1. The number of hydrogen-bond donors (Lipinski definition) is 1. The smallest absolute Gasteiger partial charge is 0.271 e. The Kier molecular flexibility index (Phi) is 6.47. The second-order valence-corrected chi connectivity index (χ2v) is 10.8. The molecular formula is C28H26N4O2S2. The third-order valence-electron chi connectivity index (χ3n) is 6.18. The fourth-order valence-electron chi connectivity index (χ4n) is 4.25. The molecule has 0 spiro atoms. The zero-order chi connectivity index (χ0) is 25.4. The minimum atomic E-state index is -0.538. The van der Waals surface area contributed by atoms with E-state index in [0.717, 1.165) is 27.4 Å². The first-order valence-corrected chi connectivity index (χ1v) is 13.2. The summed E-state index contributed by atoms with van der Waals surface area (Å²) in [5.74, 6) is -0.252. The highest BCUT2D eigenvalue weighted by molar-refractivity contribution is 7.10. The van der Waals surface area contributed by atoms with Crippen molar-refractivity contribution in [2.75, 3.05) is 24.3 Å². The van der Waals surface area contributed by atoms with Crippen molar-refractivity contribution in [1.29, 1.82) is 0 Å². The quantitative estimate of drug-likeness (QED) is 0.432. The van der Waals surface area contributed by atoms with Gasteiger partial charge in [0.25, 0.3) is 11.5 Å². The Bertz CT molecular complexity index is 1640. The third kappa shape index (κ3) is 4.45. The molecule has 1 unspecified atom stereocenters. The highest BCUT2D eigenvalue weighted by Gasteiger charge is 2.33. The van der Waals surface area contributed by atoms with E-state index >= 15 is 0 Å². The molecular weight excluding hydrogens is 488 g/mol. The predicted molar refractivity (Wildman–Crippen MR) is 149 cm³/mol. The number of aromatic nitrogens is 1. The molecule has 1 N–H and O–H groups in total. The Hall–Kier alpha value is -3.75. The lowest BCUT2D eigenvalue weighted by atomic mass is 10.0. The van der Waals surface area contributed by atoms with Crippen LogP contribution in [-0.4, -0.2) is 24.6 Å². The second-order valence-electron chi connectivity index (χ2n) is 8.85. The molecule has 0 bridgehead atoms. The lowest BCUT2D eigenvalue weighted by molar-refractivity contribution is -0.113. The first kappa shape index (κ1) is 24.0. The molecule has 8 heteroatoms. The Labute approximate surface area is 217 Å². The lowest BCUT2D eigenvalue weighted by Crippen LogP contribution is -2.40. The molecule has 1 aliphatic heterocycles. The fraction of sp³-hybridized carbons (Fsp3) is 0.179. The lowest BCUT2D eigenvalue weighted by Gasteiger charge is -2.24. The summed E-state index contributed by atoms with van der Waals surface area (Å²) >= 11 is 2.87. The van der Waals surface area contributed by atoms with Gasteiger partial charge in [0.2, 0.25) is 0 Å². The number of carbonyl (C=O) groups is 1. The van der Waals surface area contributed by atoms with Gasteiger partial charge < -0.3 is 10.2 Å². The zero-order valence-electron chi connectivity index (χ0n) is 20.5. The van der Waals surface area contributed by atoms with Crippen LogP contribution in [0.15, 0.2) is 87.1 Å². The monoisotopic (exact) mass is 514 g/mol. The zero-order valence-corrected chi connectivity index (χ0v) is 22.1. The molecule has 2 aromatic carbocycles. The van der Waals surface area contributed by atoms with Gasteiger partial charge in [-0.15, -0.1) is 11.3 Å². The van der Waals surface area contributed by atoms with Crippen molar-refractivity contribution < 1.29 is 4.79 Å². The topological polar surface area (TPSA) is 66.7 Å². The summed E-state index contributed by atoms with van der Waals surface area (Å²) in [4.78, 5) is 35.6. The van der Waals surface area contributed by atoms with Crippen LogP contribution in [0.3, 0.4) is 0 Å². The number of rotatable bonds is 5. The van der Waals surface area contributed by atoms with E-state index in [0.29, 0.717) is 20.6 Å². The van der Waals surface area contributed by atoms with Crippen LogP contribution in [0.2, 0.25) is 0 Å². The number of aryl methyl sites for hydroxylation is 1. The molecule has 0 aliphatic carbocycles. The summed E-state index contributed by atoms with van der Waals surface area (Å²) in [6.07, 6.45) is 1.89. The Morgan fingerprint density at radius 3 is 2.47 bits per heavy atom. The number of nitrogens with zero attached hydrogens (tertiary/aromatic N) is 3. The van der Waals surface area contributed by atoms with E-state index in [1.807, 2.05) is 105 Å². The van der Waals surface area contributed by atoms with Crippen molar-refractivity contribution >= 4 is 46.0 Å². The van der Waals surface area contributed by atoms with Crippen molar-refractivity contribution in [1.82, 2.24) is 4.57 Å². The number of thiazole rings is 1. The average Bonchev–Trinajstić information content (AvgIpc) is 3.49. The van der Waals surface area contributed by atoms with E-state index in [2.05, 4.69) is 5.32 Å². The van der Waals surface area contributed by atoms with Gasteiger partial charge in [0, 0.05) is 30.3 Å². The summed E-state index contributed by atoms with van der Waals surface area (Å²) in [6.45, 7) is 3.79. The predicted octanol–water partition coefficient (Wildman–Crippen LogP) is 4.31. The number of fused-ring (bicyclic) bond motifs is 1. The molecule has 0 saturated heterocycles. The van der Waals surface area contributed by atoms with Gasteiger partial charge in [0.1, 0.15) is 6.04 Å². The van der Waals surface area contributed by atoms with E-state index in [1.165, 1.54) is 22.7 Å². The van der Waals surface area contributed by atoms with Crippen LogP contribution in [-0.2, 0) is 4.79 Å². The van der Waals surface area contributed by atoms with Gasteiger partial charge in [0.05, 0.1) is 15.8 Å². The molecule has 0 saturated carbocycles. The van der Waals surface area contributed by atoms with Gasteiger partial charge in [-0.05, 0) is 60.7 Å². The molecule has 0 radical (unpaired) electrons. The minimum absolute atomic E-state index is 0.150. The van der Waals surface area contributed by atoms with Crippen LogP contribution >= 0.6 is 22.7 Å². The van der Waals surface area contributed by atoms with Gasteiger partial charge in [-0.25, -0.2) is 4.99 Å². The van der Waals surface area contributed by atoms with Crippen LogP contribution < -0.4 is 25.1 Å². The first-order chi connectivity index (χ1) is 17.3. The summed E-state index contributed by atoms with van der Waals surface area (Å²) in [5.41, 5.74) is 4.68. The fourth-order valence-corrected chi connectivity index (χ4v) is 6.12. The van der Waals surface area contributed by atoms with Crippen LogP contribution in [0.5, 0.6) is 0 Å². The molecule has 2 aromatic heterocycles. The standard InChI is InChI=1S/C28H26N4O2S2/c1-17-8-5-6-9-21(17)30-26(33)24-18(2)29-28-32(25(24)22-10-7-15-35-22)27(34)23(36-28)16-19-11-13-20(14-12-19)31(3)4/h5-16,25H,1-4H3,(H,30,33). The van der Waals surface area contributed by atoms with Crippen LogP contribution in [0, 0.1) is 6.92 Å². The molecule has 5 rings (SSSR count). The number of hydrogen-bond acceptors (Lipinski definition) is 6. The molecule has 1 amide bonds. The van der Waals surface area contributed by atoms with E-state index < -0.39 is 6.04 Å². The van der Waals surface area contributed by atoms with E-state index in [9.17, 15) is 9.59 Å². The molecule has 6 nitrogen and oxygen atoms in total. The summed E-state index contributed by atoms with van der Waals surface area (Å²) in [6, 6.07) is 19.1. The normalized spacial score (nSPS) is 15.4. The summed E-state index contributed by atoms with van der Waals surface area (Å²) in [7, 11) is 3.99. The molecule has 4 aromatic rings. The van der Waals surface area contributed by atoms with Crippen molar-refractivity contribution in [3.05, 3.63) is 113 Å². The maximum atomic E-state index is 13.7. The van der Waals surface area contributed by atoms with Crippen LogP contribution in [0.1, 0.15) is 29.0 Å². The van der Waals surface area contributed by atoms with E-state index in [-0.39, 0.29) is 11.5 Å². The van der Waals surface area contributed by atoms with Gasteiger partial charge >= 0.3 is 0 Å². The van der Waals surface area contributed by atoms with Crippen LogP contribution in [0.25, 0.3) is 6.08 Å². The van der Waals surface area contributed by atoms with Crippen molar-refractivity contribution in [3.8, 4) is 0 Å². The Morgan fingerprint density at radius 2 is 1.81 bits per heavy atom. The second kappa shape index (κ2) is 9.72. The van der Waals surface area contributed by atoms with Crippen LogP contribution in [0.4, 0.5) is 11.4 Å². The molecule has 1 atom stereocenters. The highest BCUT2D eigenvalue weighted by Crippen LogP contribution is 2.33. The van der Waals surface area contributed by atoms with E-state index in [4.69, 9.17) is 4.99 Å². The third-order valence-corrected chi connectivity index (χ3v) is 8.09. The van der Waals surface area contributed by atoms with Gasteiger partial charge in [0.15, 0.2) is 4.80 Å². The molecule has 1 aliphatic rings. The van der Waals surface area contributed by atoms with Gasteiger partial charge in [-0.2, -0.15) is 0 Å². The summed E-state index contributed by atoms with van der Waals surface area (Å²) < 4.78 is 2.25. The van der Waals surface area contributed by atoms with Gasteiger partial charge in [-0.1, -0.05) is 47.7 Å². The number of anilines is 2. The largest absolute Gasteiger partial charge is 0.378 e. The SMILES string of the molecule is CC1=C(C(=O)Nc2ccccc2C)C(c2cccs2)n2c(sc(=Cc3ccc(N(C)C)cc3)c2=O)=N1. The Balaban J connectivity index is 1.61. The van der Waals surface area contributed by atoms with Crippen molar-refractivity contribution in [2.24, 2.45) is 4.99 Å². The molecule has 3 heterocycles. The van der Waals surface area contributed by atoms with Crippen molar-refractivity contribution in [2.45, 2.75) is 19.9 Å². The number of amides is 1. The highest BCUT2D eigenvalue weighted by atomic mass is 32.1. The number of allylic oxidation sites excluding steroid dienone is 1. The number of para-hydroxylation sites is 1. The maximum absolute atomic E-state index is 13.7. The number of nitrogens with one attached hydrogen (secondary N) is 1. The van der Waals surface area contributed by atoms with Crippen molar-refractivity contribution in [3.63, 3.8) is 0 Å². The maximum Gasteiger partial charge on any atom is 0.271 e. The number of carbonyl (C=O) groups excluding carboxylic acids is 1. The van der Waals surface area contributed by atoms with E-state index in [1.54, 1.807) is 4.57 Å². The minimum Gasteiger partial charge on any atom is -0.378 e. The Morgan fingerprint density at radius 1 is 1.06 bits per heavy atom. The first-order valence-electron chi connectivity index (χ1n) is 11.5. The summed E-state index contributed by atoms with van der Waals surface area (Å²) in [5, 5.41) is 5.00. The molecule has 0 fully saturated rings. The van der Waals surface area contributed by atoms with Gasteiger partial charge in [-0.3, -0.25) is 14.2 Å².